The van der Waals surface area contributed by atoms with Crippen LogP contribution in [-0.4, -0.2) is 0 Å². The zero-order valence-corrected chi connectivity index (χ0v) is 10.8. The maximum absolute atomic E-state index is 2.53. The van der Waals surface area contributed by atoms with Crippen molar-refractivity contribution in [1.82, 2.24) is 0 Å². The van der Waals surface area contributed by atoms with Gasteiger partial charge >= 0.3 is 0 Å². The van der Waals surface area contributed by atoms with Crippen LogP contribution in [0.25, 0.3) is 0 Å². The van der Waals surface area contributed by atoms with E-state index in [0.717, 1.165) is 35.5 Å². The molecule has 0 N–H and O–H groups in total. The average Bonchev–Trinajstić information content (AvgIpc) is 2.91. The first kappa shape index (κ1) is 10.6. The quantitative estimate of drug-likeness (QED) is 0.569. The van der Waals surface area contributed by atoms with E-state index in [1.54, 1.807) is 5.57 Å². The zero-order valence-electron chi connectivity index (χ0n) is 10.8. The molecular formula is C16H24. The average molecular weight is 216 g/mol. The summed E-state index contributed by atoms with van der Waals surface area (Å²) in [7, 11) is 0. The Morgan fingerprint density at radius 3 is 2.38 bits per heavy atom. The second-order valence-corrected chi connectivity index (χ2v) is 6.34. The molecule has 6 atom stereocenters. The Kier molecular flexibility index (Phi) is 2.49. The van der Waals surface area contributed by atoms with Gasteiger partial charge in [0.05, 0.1) is 0 Å². The Morgan fingerprint density at radius 2 is 1.81 bits per heavy atom. The van der Waals surface area contributed by atoms with Crippen LogP contribution in [0.3, 0.4) is 0 Å². The van der Waals surface area contributed by atoms with Crippen molar-refractivity contribution in [3.05, 3.63) is 23.8 Å². The Morgan fingerprint density at radius 1 is 1.06 bits per heavy atom. The van der Waals surface area contributed by atoms with Gasteiger partial charge in [-0.15, -0.1) is 0 Å². The number of allylic oxidation sites excluding steroid dienone is 4. The molecule has 2 fully saturated rings. The lowest BCUT2D eigenvalue weighted by Crippen LogP contribution is -2.25. The van der Waals surface area contributed by atoms with E-state index in [2.05, 4.69) is 39.0 Å². The molecule has 0 spiro atoms. The van der Waals surface area contributed by atoms with Crippen molar-refractivity contribution >= 4 is 0 Å². The van der Waals surface area contributed by atoms with Crippen molar-refractivity contribution in [2.75, 3.05) is 0 Å². The van der Waals surface area contributed by atoms with Gasteiger partial charge in [0.15, 0.2) is 0 Å². The molecule has 0 aliphatic heterocycles. The van der Waals surface area contributed by atoms with Gasteiger partial charge in [-0.25, -0.2) is 0 Å². The van der Waals surface area contributed by atoms with Gasteiger partial charge in [-0.2, -0.15) is 0 Å². The minimum atomic E-state index is 0.834. The molecule has 0 heteroatoms. The van der Waals surface area contributed by atoms with Gasteiger partial charge in [-0.3, -0.25) is 0 Å². The van der Waals surface area contributed by atoms with Gasteiger partial charge in [0.2, 0.25) is 0 Å². The third-order valence-corrected chi connectivity index (χ3v) is 5.52. The Labute approximate surface area is 99.8 Å². The lowest BCUT2D eigenvalue weighted by Gasteiger charge is -2.33. The molecular weight excluding hydrogens is 192 g/mol. The summed E-state index contributed by atoms with van der Waals surface area (Å²) < 4.78 is 0. The van der Waals surface area contributed by atoms with Gasteiger partial charge < -0.3 is 0 Å². The standard InChI is InChI=1S/C16H24/c1-4-14-11(3)15-8-13(14)9-16(15)12-6-5-10(2)7-12/h4-6,10-13,15-16H,7-9H2,1-3H3. The summed E-state index contributed by atoms with van der Waals surface area (Å²) in [6, 6.07) is 0. The van der Waals surface area contributed by atoms with Crippen molar-refractivity contribution in [3.8, 4) is 0 Å². The molecule has 0 radical (unpaired) electrons. The van der Waals surface area contributed by atoms with Crippen LogP contribution in [-0.2, 0) is 0 Å². The smallest absolute Gasteiger partial charge is 0.0195 e. The highest BCUT2D eigenvalue weighted by atomic mass is 14.5. The molecule has 0 aromatic heterocycles. The van der Waals surface area contributed by atoms with E-state index in [9.17, 15) is 0 Å². The van der Waals surface area contributed by atoms with E-state index < -0.39 is 0 Å². The van der Waals surface area contributed by atoms with Crippen LogP contribution in [0.1, 0.15) is 40.0 Å². The third-order valence-electron chi connectivity index (χ3n) is 5.52. The van der Waals surface area contributed by atoms with Gasteiger partial charge in [0, 0.05) is 0 Å². The molecule has 3 rings (SSSR count). The van der Waals surface area contributed by atoms with Gasteiger partial charge in [0.1, 0.15) is 0 Å². The highest BCUT2D eigenvalue weighted by Crippen LogP contribution is 2.58. The fraction of sp³-hybridized carbons (Fsp3) is 0.750. The van der Waals surface area contributed by atoms with Crippen LogP contribution in [0.4, 0.5) is 0 Å². The Bertz CT molecular complexity index is 332. The molecule has 16 heavy (non-hydrogen) atoms. The highest BCUT2D eigenvalue weighted by molar-refractivity contribution is 5.23. The molecule has 2 bridgehead atoms. The van der Waals surface area contributed by atoms with E-state index in [0.29, 0.717) is 0 Å². The van der Waals surface area contributed by atoms with Crippen LogP contribution in [0.5, 0.6) is 0 Å². The first-order valence-corrected chi connectivity index (χ1v) is 7.05. The predicted octanol–water partition coefficient (Wildman–Crippen LogP) is 4.44. The summed E-state index contributed by atoms with van der Waals surface area (Å²) in [6.45, 7) is 7.07. The molecule has 0 aromatic rings. The summed E-state index contributed by atoms with van der Waals surface area (Å²) in [6.07, 6.45) is 11.8. The number of rotatable bonds is 1. The maximum Gasteiger partial charge on any atom is -0.0195 e. The van der Waals surface area contributed by atoms with Crippen molar-refractivity contribution in [1.29, 1.82) is 0 Å². The lowest BCUT2D eigenvalue weighted by atomic mass is 9.72. The zero-order chi connectivity index (χ0) is 11.3. The molecule has 6 unspecified atom stereocenters. The largest absolute Gasteiger partial charge is 0.0879 e. The van der Waals surface area contributed by atoms with E-state index in [-0.39, 0.29) is 0 Å². The van der Waals surface area contributed by atoms with E-state index in [1.165, 1.54) is 19.3 Å². The summed E-state index contributed by atoms with van der Waals surface area (Å²) in [5.74, 6) is 5.56. The number of hydrogen-bond donors (Lipinski definition) is 0. The van der Waals surface area contributed by atoms with Crippen LogP contribution in [0, 0.1) is 35.5 Å². The first-order valence-electron chi connectivity index (χ1n) is 7.05. The van der Waals surface area contributed by atoms with Crippen LogP contribution >= 0.6 is 0 Å². The molecule has 0 saturated heterocycles. The lowest BCUT2D eigenvalue weighted by molar-refractivity contribution is 0.231. The second kappa shape index (κ2) is 3.75. The number of fused-ring (bicyclic) bond motifs is 2. The summed E-state index contributed by atoms with van der Waals surface area (Å²) >= 11 is 0. The first-order chi connectivity index (χ1) is 7.70. The molecule has 0 aromatic carbocycles. The fourth-order valence-corrected chi connectivity index (χ4v) is 4.80. The topological polar surface area (TPSA) is 0 Å². The predicted molar refractivity (Wildman–Crippen MR) is 69.0 cm³/mol. The molecule has 88 valence electrons. The summed E-state index contributed by atoms with van der Waals surface area (Å²) in [5.41, 5.74) is 1.77. The monoisotopic (exact) mass is 216 g/mol. The van der Waals surface area contributed by atoms with E-state index in [4.69, 9.17) is 0 Å². The molecule has 3 aliphatic carbocycles. The summed E-state index contributed by atoms with van der Waals surface area (Å²) in [5, 5.41) is 0. The Balaban J connectivity index is 1.76. The van der Waals surface area contributed by atoms with Gasteiger partial charge in [0.25, 0.3) is 0 Å². The van der Waals surface area contributed by atoms with Crippen LogP contribution < -0.4 is 0 Å². The van der Waals surface area contributed by atoms with Gasteiger partial charge in [-0.05, 0) is 61.7 Å². The normalized spacial score (nSPS) is 53.1. The maximum atomic E-state index is 2.53. The van der Waals surface area contributed by atoms with E-state index in [1.807, 2.05) is 0 Å². The Hall–Kier alpha value is -0.520. The molecule has 2 saturated carbocycles. The second-order valence-electron chi connectivity index (χ2n) is 6.34. The van der Waals surface area contributed by atoms with Gasteiger partial charge in [-0.1, -0.05) is 37.6 Å². The molecule has 3 aliphatic rings. The van der Waals surface area contributed by atoms with Crippen molar-refractivity contribution in [2.24, 2.45) is 35.5 Å². The SMILES string of the molecule is CC=C1C2CC(C3C=CC(C)C3)C(C2)C1C. The van der Waals surface area contributed by atoms with Crippen molar-refractivity contribution in [3.63, 3.8) is 0 Å². The minimum absolute atomic E-state index is 0.834. The van der Waals surface area contributed by atoms with Crippen LogP contribution in [0.2, 0.25) is 0 Å². The molecule has 0 amide bonds. The minimum Gasteiger partial charge on any atom is -0.0879 e. The van der Waals surface area contributed by atoms with Crippen molar-refractivity contribution in [2.45, 2.75) is 40.0 Å². The fourth-order valence-electron chi connectivity index (χ4n) is 4.80. The van der Waals surface area contributed by atoms with E-state index >= 15 is 0 Å². The highest BCUT2D eigenvalue weighted by Gasteiger charge is 2.49. The van der Waals surface area contributed by atoms with Crippen molar-refractivity contribution < 1.29 is 0 Å². The van der Waals surface area contributed by atoms with Crippen LogP contribution in [0.15, 0.2) is 23.8 Å². The number of hydrogen-bond acceptors (Lipinski definition) is 0. The molecule has 0 heterocycles. The molecule has 0 nitrogen and oxygen atoms in total. The summed E-state index contributed by atoms with van der Waals surface area (Å²) in [4.78, 5) is 0. The third kappa shape index (κ3) is 1.42.